The number of thiol groups is 1. The average Bonchev–Trinajstić information content (AvgIpc) is 2.93. The maximum Gasteiger partial charge on any atom is 0.273 e. The van der Waals surface area contributed by atoms with Gasteiger partial charge in [-0.1, -0.05) is 43.0 Å². The number of carbonyl (C=O) groups excluding carboxylic acids is 1. The van der Waals surface area contributed by atoms with Crippen LogP contribution in [0.5, 0.6) is 0 Å². The van der Waals surface area contributed by atoms with Gasteiger partial charge in [0, 0.05) is 20.4 Å². The molecule has 1 aromatic carbocycles. The lowest BCUT2D eigenvalue weighted by atomic mass is 10.2. The fraction of sp³-hybridized carbons (Fsp3) is 0.0588. The van der Waals surface area contributed by atoms with Crippen molar-refractivity contribution in [1.29, 1.82) is 0 Å². The number of aromatic nitrogens is 1. The lowest BCUT2D eigenvalue weighted by Gasteiger charge is -2.05. The highest BCUT2D eigenvalue weighted by molar-refractivity contribution is 7.98. The highest BCUT2D eigenvalue weighted by Crippen LogP contribution is 2.28. The minimum Gasteiger partial charge on any atom is -0.291 e. The zero-order valence-electron chi connectivity index (χ0n) is 12.9. The second-order valence-electron chi connectivity index (χ2n) is 4.69. The van der Waals surface area contributed by atoms with Gasteiger partial charge in [0.25, 0.3) is 5.91 Å². The van der Waals surface area contributed by atoms with Gasteiger partial charge in [0.15, 0.2) is 0 Å². The van der Waals surface area contributed by atoms with Gasteiger partial charge in [0.05, 0.1) is 5.69 Å². The van der Waals surface area contributed by atoms with E-state index in [-0.39, 0.29) is 5.91 Å². The minimum atomic E-state index is -0.203. The third-order valence-corrected chi connectivity index (χ3v) is 5.62. The molecule has 0 aliphatic rings. The number of carbonyl (C=O) groups is 1. The lowest BCUT2D eigenvalue weighted by Crippen LogP contribution is -2.15. The van der Waals surface area contributed by atoms with E-state index < -0.39 is 0 Å². The topological polar surface area (TPSA) is 42.0 Å². The second kappa shape index (κ2) is 8.58. The molecule has 0 unspecified atom stereocenters. The fourth-order valence-corrected chi connectivity index (χ4v) is 3.88. The van der Waals surface area contributed by atoms with Crippen molar-refractivity contribution in [2.75, 3.05) is 0 Å². The van der Waals surface area contributed by atoms with Gasteiger partial charge < -0.3 is 0 Å². The van der Waals surface area contributed by atoms with Crippen LogP contribution < -0.4 is 4.72 Å². The van der Waals surface area contributed by atoms with Crippen LogP contribution in [0.25, 0.3) is 5.57 Å². The van der Waals surface area contributed by atoms with Crippen LogP contribution in [-0.2, 0) is 0 Å². The molecule has 0 spiro atoms. The summed E-state index contributed by atoms with van der Waals surface area (Å²) in [6.45, 7) is 9.17. The number of nitrogens with one attached hydrogen (secondary N) is 1. The van der Waals surface area contributed by atoms with Crippen LogP contribution >= 0.6 is 47.5 Å². The van der Waals surface area contributed by atoms with Gasteiger partial charge in [-0.25, -0.2) is 4.98 Å². The van der Waals surface area contributed by atoms with E-state index in [4.69, 9.17) is 11.6 Å². The molecule has 0 aliphatic carbocycles. The molecule has 0 saturated carbocycles. The van der Waals surface area contributed by atoms with E-state index in [0.717, 1.165) is 15.4 Å². The van der Waals surface area contributed by atoms with Crippen molar-refractivity contribution >= 4 is 59.0 Å². The molecule has 0 fully saturated rings. The van der Waals surface area contributed by atoms with Crippen LogP contribution in [0.4, 0.5) is 0 Å². The Kier molecular flexibility index (Phi) is 6.74. The van der Waals surface area contributed by atoms with Crippen LogP contribution in [0.3, 0.4) is 0 Å². The summed E-state index contributed by atoms with van der Waals surface area (Å²) in [5.74, 6) is -0.203. The average molecular weight is 395 g/mol. The lowest BCUT2D eigenvalue weighted by molar-refractivity contribution is 0.0987. The predicted octanol–water partition coefficient (Wildman–Crippen LogP) is 5.50. The summed E-state index contributed by atoms with van der Waals surface area (Å²) in [7, 11) is 0. The molecule has 1 N–H and O–H groups in total. The van der Waals surface area contributed by atoms with Gasteiger partial charge in [0.2, 0.25) is 0 Å². The van der Waals surface area contributed by atoms with Gasteiger partial charge in [-0.2, -0.15) is 0 Å². The minimum absolute atomic E-state index is 0.203. The van der Waals surface area contributed by atoms with E-state index >= 15 is 0 Å². The third-order valence-electron chi connectivity index (χ3n) is 2.90. The van der Waals surface area contributed by atoms with E-state index in [9.17, 15) is 4.79 Å². The highest BCUT2D eigenvalue weighted by atomic mass is 35.5. The number of benzene rings is 1. The Hall–Kier alpha value is -1.47. The molecular formula is C17H15ClN2OS3. The molecule has 0 atom stereocenters. The number of hydrogen-bond donors (Lipinski definition) is 2. The zero-order chi connectivity index (χ0) is 17.7. The molecule has 2 aromatic rings. The van der Waals surface area contributed by atoms with Crippen LogP contribution in [0.1, 0.15) is 20.4 Å². The number of thiazole rings is 1. The summed E-state index contributed by atoms with van der Waals surface area (Å²) < 4.78 is 2.82. The summed E-state index contributed by atoms with van der Waals surface area (Å²) in [5, 5.41) is 1.05. The molecule has 0 saturated heterocycles. The molecule has 24 heavy (non-hydrogen) atoms. The Morgan fingerprint density at radius 3 is 2.79 bits per heavy atom. The van der Waals surface area contributed by atoms with Crippen LogP contribution in [0.15, 0.2) is 64.4 Å². The predicted molar refractivity (Wildman–Crippen MR) is 107 cm³/mol. The maximum absolute atomic E-state index is 12.4. The van der Waals surface area contributed by atoms with Crippen molar-refractivity contribution in [3.8, 4) is 0 Å². The maximum atomic E-state index is 12.4. The largest absolute Gasteiger partial charge is 0.291 e. The smallest absolute Gasteiger partial charge is 0.273 e. The Labute approximate surface area is 160 Å². The van der Waals surface area contributed by atoms with Gasteiger partial charge in [0.1, 0.15) is 9.88 Å². The number of halogens is 1. The molecule has 0 aliphatic heterocycles. The summed E-state index contributed by atoms with van der Waals surface area (Å²) >= 11 is 12.7. The van der Waals surface area contributed by atoms with Gasteiger partial charge in [-0.3, -0.25) is 9.52 Å². The Balaban J connectivity index is 2.17. The first-order valence-electron chi connectivity index (χ1n) is 6.84. The Morgan fingerprint density at radius 1 is 1.46 bits per heavy atom. The number of hydrogen-bond acceptors (Lipinski definition) is 5. The molecule has 3 nitrogen and oxygen atoms in total. The summed E-state index contributed by atoms with van der Waals surface area (Å²) in [6, 6.07) is 7.54. The molecule has 1 heterocycles. The van der Waals surface area contributed by atoms with Crippen molar-refractivity contribution in [1.82, 2.24) is 9.71 Å². The van der Waals surface area contributed by atoms with Gasteiger partial charge in [-0.15, -0.1) is 24.0 Å². The molecular weight excluding hydrogens is 380 g/mol. The summed E-state index contributed by atoms with van der Waals surface area (Å²) in [6.07, 6.45) is 3.31. The number of amides is 1. The molecule has 0 bridgehead atoms. The van der Waals surface area contributed by atoms with Crippen molar-refractivity contribution in [3.05, 3.63) is 70.2 Å². The molecule has 0 radical (unpaired) electrons. The van der Waals surface area contributed by atoms with E-state index in [2.05, 4.69) is 35.5 Å². The Morgan fingerprint density at radius 2 is 2.17 bits per heavy atom. The number of aryl methyl sites for hydroxylation is 1. The summed E-state index contributed by atoms with van der Waals surface area (Å²) in [4.78, 5) is 19.1. The normalized spacial score (nSPS) is 11.2. The molecule has 7 heteroatoms. The first kappa shape index (κ1) is 18.9. The fourth-order valence-electron chi connectivity index (χ4n) is 1.80. The number of rotatable bonds is 6. The highest BCUT2D eigenvalue weighted by Gasteiger charge is 2.17. The quantitative estimate of drug-likeness (QED) is 0.386. The monoisotopic (exact) mass is 394 g/mol. The Bertz CT molecular complexity index is 827. The second-order valence-corrected chi connectivity index (χ2v) is 7.50. The number of nitrogens with zero attached hydrogens (tertiary/aromatic N) is 1. The first-order chi connectivity index (χ1) is 11.4. The van der Waals surface area contributed by atoms with Crippen molar-refractivity contribution in [2.24, 2.45) is 0 Å². The molecule has 2 rings (SSSR count). The third kappa shape index (κ3) is 4.77. The first-order valence-corrected chi connectivity index (χ1v) is 9.29. The molecule has 124 valence electrons. The van der Waals surface area contributed by atoms with Crippen molar-refractivity contribution in [3.63, 3.8) is 0 Å². The molecule has 1 aromatic heterocycles. The van der Waals surface area contributed by atoms with Crippen molar-refractivity contribution < 1.29 is 4.79 Å². The van der Waals surface area contributed by atoms with Crippen LogP contribution in [-0.4, -0.2) is 10.9 Å². The van der Waals surface area contributed by atoms with Gasteiger partial charge in [-0.05, 0) is 37.1 Å². The molecule has 1 amide bonds. The van der Waals surface area contributed by atoms with E-state index in [1.54, 1.807) is 19.1 Å². The SMILES string of the molecule is C=C/C(=C\C(=C)Cl)c1nc(C)c(C(=O)NSc2ccccc2S)s1. The van der Waals surface area contributed by atoms with Crippen molar-refractivity contribution in [2.45, 2.75) is 16.7 Å². The van der Waals surface area contributed by atoms with E-state index in [1.165, 1.54) is 23.3 Å². The van der Waals surface area contributed by atoms with E-state index in [1.807, 2.05) is 24.3 Å². The summed E-state index contributed by atoms with van der Waals surface area (Å²) in [5.41, 5.74) is 1.38. The number of allylic oxidation sites excluding steroid dienone is 4. The van der Waals surface area contributed by atoms with Crippen LogP contribution in [0, 0.1) is 6.92 Å². The zero-order valence-corrected chi connectivity index (χ0v) is 16.2. The van der Waals surface area contributed by atoms with Gasteiger partial charge >= 0.3 is 0 Å². The standard InChI is InChI=1S/C17H15ClN2OS3/c1-4-12(9-10(2)18)17-19-11(3)15(23-17)16(21)20-24-14-8-6-5-7-13(14)22/h4-9,22H,1-2H2,3H3,(H,20,21)/b12-9+. The van der Waals surface area contributed by atoms with E-state index in [0.29, 0.717) is 20.6 Å². The van der Waals surface area contributed by atoms with Crippen LogP contribution in [0.2, 0.25) is 0 Å².